The van der Waals surface area contributed by atoms with E-state index in [-0.39, 0.29) is 14.9 Å². The Hall–Kier alpha value is -2.11. The van der Waals surface area contributed by atoms with Gasteiger partial charge in [0, 0.05) is 10.4 Å². The minimum absolute atomic E-state index is 0.0138. The lowest BCUT2D eigenvalue weighted by Gasteiger charge is -2.05. The largest absolute Gasteiger partial charge is 0.462 e. The summed E-state index contributed by atoms with van der Waals surface area (Å²) < 4.78 is 30.6. The van der Waals surface area contributed by atoms with E-state index in [9.17, 15) is 13.7 Å². The number of nitriles is 1. The first-order chi connectivity index (χ1) is 11.9. The molecule has 0 fully saturated rings. The second-order valence-corrected chi connectivity index (χ2v) is 8.34. The molecule has 0 atom stereocenters. The van der Waals surface area contributed by atoms with E-state index in [1.54, 1.807) is 23.6 Å². The minimum atomic E-state index is -4.12. The summed E-state index contributed by atoms with van der Waals surface area (Å²) in [7, 11) is -4.12. The number of benzene rings is 1. The summed E-state index contributed by atoms with van der Waals surface area (Å²) >= 11 is 13.1. The molecule has 1 aromatic carbocycles. The van der Waals surface area contributed by atoms with Crippen LogP contribution in [-0.4, -0.2) is 13.4 Å². The second-order valence-electron chi connectivity index (χ2n) is 4.75. The molecule has 0 aliphatic heterocycles. The van der Waals surface area contributed by atoms with E-state index >= 15 is 0 Å². The monoisotopic (exact) mass is 410 g/mol. The molecule has 0 saturated carbocycles. The van der Waals surface area contributed by atoms with Crippen LogP contribution in [0.5, 0.6) is 0 Å². The first-order valence-corrected chi connectivity index (χ1v) is 9.85. The van der Waals surface area contributed by atoms with Crippen molar-refractivity contribution < 1.29 is 12.8 Å². The third-order valence-corrected chi connectivity index (χ3v) is 6.37. The molecule has 0 amide bonds. The first-order valence-electron chi connectivity index (χ1n) is 6.73. The molecule has 0 aliphatic rings. The first kappa shape index (κ1) is 17.7. The molecule has 0 N–H and O–H groups in total. The molecule has 0 aliphatic carbocycles. The fourth-order valence-corrected chi connectivity index (χ4v) is 4.61. The van der Waals surface area contributed by atoms with Crippen molar-refractivity contribution in [3.05, 3.63) is 62.6 Å². The lowest BCUT2D eigenvalue weighted by molar-refractivity contribution is 0.582. The van der Waals surface area contributed by atoms with Crippen molar-refractivity contribution in [2.45, 2.75) is 4.90 Å². The van der Waals surface area contributed by atoms with E-state index in [1.807, 2.05) is 0 Å². The van der Waals surface area contributed by atoms with Crippen LogP contribution < -0.4 is 0 Å². The average molecular weight is 411 g/mol. The van der Waals surface area contributed by atoms with Crippen molar-refractivity contribution in [2.24, 2.45) is 0 Å². The summed E-state index contributed by atoms with van der Waals surface area (Å²) in [6.07, 6.45) is 2.70. The molecule has 9 heteroatoms. The smallest absolute Gasteiger partial charge is 0.218 e. The van der Waals surface area contributed by atoms with Gasteiger partial charge in [0.1, 0.15) is 6.07 Å². The number of sulfone groups is 1. The van der Waals surface area contributed by atoms with Gasteiger partial charge in [0.05, 0.1) is 21.9 Å². The quantitative estimate of drug-likeness (QED) is 0.561. The van der Waals surface area contributed by atoms with Gasteiger partial charge in [-0.25, -0.2) is 13.4 Å². The third-order valence-electron chi connectivity index (χ3n) is 3.12. The Kier molecular flexibility index (Phi) is 4.97. The fourth-order valence-electron chi connectivity index (χ4n) is 1.97. The summed E-state index contributed by atoms with van der Waals surface area (Å²) in [5.41, 5.74) is 0.328. The maximum absolute atomic E-state index is 12.7. The predicted octanol–water partition coefficient (Wildman–Crippen LogP) is 5.05. The topological polar surface area (TPSA) is 84.0 Å². The van der Waals surface area contributed by atoms with Gasteiger partial charge in [0.2, 0.25) is 9.84 Å². The van der Waals surface area contributed by atoms with Crippen molar-refractivity contribution in [1.82, 2.24) is 4.98 Å². The molecule has 2 aromatic heterocycles. The molecular formula is C16H8Cl2N2O3S2. The van der Waals surface area contributed by atoms with Crippen LogP contribution in [0.1, 0.15) is 5.69 Å². The number of rotatable bonds is 4. The Morgan fingerprint density at radius 2 is 2.12 bits per heavy atom. The standard InChI is InChI=1S/C16H8Cl2N2O3S2/c17-10-3-4-13(18)15(6-10)25(21,22)12(8-19)7-11-9-24-16(20-11)14-2-1-5-23-14/h1-7,9H/b12-7-. The van der Waals surface area contributed by atoms with Gasteiger partial charge < -0.3 is 4.42 Å². The highest BCUT2D eigenvalue weighted by Crippen LogP contribution is 2.31. The zero-order valence-electron chi connectivity index (χ0n) is 12.3. The van der Waals surface area contributed by atoms with Crippen LogP contribution in [0.2, 0.25) is 10.0 Å². The summed E-state index contributed by atoms with van der Waals surface area (Å²) in [6, 6.07) is 9.19. The van der Waals surface area contributed by atoms with Gasteiger partial charge in [-0.15, -0.1) is 11.3 Å². The molecule has 3 aromatic rings. The van der Waals surface area contributed by atoms with Crippen LogP contribution in [0.3, 0.4) is 0 Å². The second kappa shape index (κ2) is 7.02. The summed E-state index contributed by atoms with van der Waals surface area (Å²) in [4.78, 5) is 3.56. The molecule has 5 nitrogen and oxygen atoms in total. The number of halogens is 2. The van der Waals surface area contributed by atoms with Crippen LogP contribution in [0, 0.1) is 11.3 Å². The Balaban J connectivity index is 2.03. The molecule has 25 heavy (non-hydrogen) atoms. The molecule has 3 rings (SSSR count). The maximum Gasteiger partial charge on any atom is 0.218 e. The molecule has 2 heterocycles. The zero-order valence-corrected chi connectivity index (χ0v) is 15.5. The third kappa shape index (κ3) is 3.62. The predicted molar refractivity (Wildman–Crippen MR) is 97.1 cm³/mol. The van der Waals surface area contributed by atoms with Gasteiger partial charge in [-0.05, 0) is 36.4 Å². The Bertz CT molecular complexity index is 1090. The van der Waals surface area contributed by atoms with Gasteiger partial charge in [-0.1, -0.05) is 23.2 Å². The highest BCUT2D eigenvalue weighted by Gasteiger charge is 2.24. The number of hydrogen-bond acceptors (Lipinski definition) is 6. The molecule has 0 saturated heterocycles. The van der Waals surface area contributed by atoms with Gasteiger partial charge in [-0.3, -0.25) is 0 Å². The van der Waals surface area contributed by atoms with Crippen molar-refractivity contribution in [1.29, 1.82) is 5.26 Å². The van der Waals surface area contributed by atoms with E-state index in [0.29, 0.717) is 16.5 Å². The molecule has 0 bridgehead atoms. The number of thiazole rings is 1. The van der Waals surface area contributed by atoms with Crippen LogP contribution in [0.25, 0.3) is 16.8 Å². The van der Waals surface area contributed by atoms with Gasteiger partial charge in [0.15, 0.2) is 15.7 Å². The maximum atomic E-state index is 12.7. The van der Waals surface area contributed by atoms with Crippen molar-refractivity contribution in [2.75, 3.05) is 0 Å². The summed E-state index contributed by atoms with van der Waals surface area (Å²) in [6.45, 7) is 0. The summed E-state index contributed by atoms with van der Waals surface area (Å²) in [5.74, 6) is 0.559. The van der Waals surface area contributed by atoms with E-state index < -0.39 is 14.7 Å². The number of allylic oxidation sites excluding steroid dienone is 1. The fraction of sp³-hybridized carbons (Fsp3) is 0. The van der Waals surface area contributed by atoms with E-state index in [2.05, 4.69) is 4.98 Å². The molecule has 0 unspecified atom stereocenters. The van der Waals surface area contributed by atoms with Gasteiger partial charge >= 0.3 is 0 Å². The Morgan fingerprint density at radius 1 is 1.32 bits per heavy atom. The molecule has 0 spiro atoms. The average Bonchev–Trinajstić information content (AvgIpc) is 3.25. The van der Waals surface area contributed by atoms with E-state index in [1.165, 1.54) is 41.9 Å². The Morgan fingerprint density at radius 3 is 2.80 bits per heavy atom. The van der Waals surface area contributed by atoms with Crippen LogP contribution in [-0.2, 0) is 9.84 Å². The van der Waals surface area contributed by atoms with Crippen LogP contribution in [0.15, 0.2) is 56.2 Å². The normalized spacial score (nSPS) is 12.1. The van der Waals surface area contributed by atoms with Crippen molar-refractivity contribution >= 4 is 50.5 Å². The number of hydrogen-bond donors (Lipinski definition) is 0. The molecule has 0 radical (unpaired) electrons. The van der Waals surface area contributed by atoms with Crippen LogP contribution >= 0.6 is 34.5 Å². The van der Waals surface area contributed by atoms with Crippen molar-refractivity contribution in [3.8, 4) is 16.8 Å². The SMILES string of the molecule is N#C/C(=C/c1csc(-c2ccco2)n1)S(=O)(=O)c1cc(Cl)ccc1Cl. The van der Waals surface area contributed by atoms with Crippen LogP contribution in [0.4, 0.5) is 0 Å². The van der Waals surface area contributed by atoms with Gasteiger partial charge in [0.25, 0.3) is 0 Å². The zero-order chi connectivity index (χ0) is 18.0. The van der Waals surface area contributed by atoms with Gasteiger partial charge in [-0.2, -0.15) is 5.26 Å². The molecular weight excluding hydrogens is 403 g/mol. The van der Waals surface area contributed by atoms with E-state index in [0.717, 1.165) is 0 Å². The summed E-state index contributed by atoms with van der Waals surface area (Å²) in [5, 5.41) is 11.7. The number of furan rings is 1. The number of aromatic nitrogens is 1. The number of nitrogens with zero attached hydrogens (tertiary/aromatic N) is 2. The highest BCUT2D eigenvalue weighted by atomic mass is 35.5. The van der Waals surface area contributed by atoms with Crippen molar-refractivity contribution in [3.63, 3.8) is 0 Å². The minimum Gasteiger partial charge on any atom is -0.462 e. The highest BCUT2D eigenvalue weighted by molar-refractivity contribution is 7.95. The van der Waals surface area contributed by atoms with E-state index in [4.69, 9.17) is 27.6 Å². The molecule has 126 valence electrons. The Labute approximate surface area is 157 Å². The lowest BCUT2D eigenvalue weighted by Crippen LogP contribution is -2.04. The lowest BCUT2D eigenvalue weighted by atomic mass is 10.4.